The predicted molar refractivity (Wildman–Crippen MR) is 61.7 cm³/mol. The molecule has 5 nitrogen and oxygen atoms in total. The minimum Gasteiger partial charge on any atom is -0.496 e. The third-order valence-corrected chi connectivity index (χ3v) is 2.26. The first kappa shape index (κ1) is 11.3. The van der Waals surface area contributed by atoms with E-state index in [1.54, 1.807) is 50.2 Å². The lowest BCUT2D eigenvalue weighted by molar-refractivity contribution is 0.381. The zero-order valence-corrected chi connectivity index (χ0v) is 9.93. The SMILES string of the molecule is COc1cc(OC)cc(Oc2c[c]nn2C)c1. The molecule has 0 amide bonds. The molecule has 0 spiro atoms. The predicted octanol–water partition coefficient (Wildman–Crippen LogP) is 2.03. The second-order valence-corrected chi connectivity index (χ2v) is 3.39. The van der Waals surface area contributed by atoms with Gasteiger partial charge in [0, 0.05) is 31.3 Å². The number of rotatable bonds is 4. The highest BCUT2D eigenvalue weighted by molar-refractivity contribution is 5.43. The molecule has 0 atom stereocenters. The van der Waals surface area contributed by atoms with Crippen LogP contribution in [0.25, 0.3) is 0 Å². The molecule has 0 saturated carbocycles. The Kier molecular flexibility index (Phi) is 3.18. The Morgan fingerprint density at radius 1 is 1.06 bits per heavy atom. The van der Waals surface area contributed by atoms with E-state index in [4.69, 9.17) is 14.2 Å². The third-order valence-electron chi connectivity index (χ3n) is 2.26. The first-order valence-corrected chi connectivity index (χ1v) is 5.04. The van der Waals surface area contributed by atoms with Gasteiger partial charge < -0.3 is 14.2 Å². The van der Waals surface area contributed by atoms with Gasteiger partial charge in [-0.05, 0) is 0 Å². The molecule has 5 heteroatoms. The van der Waals surface area contributed by atoms with Crippen LogP contribution in [0.5, 0.6) is 23.1 Å². The minimum absolute atomic E-state index is 0.598. The maximum absolute atomic E-state index is 5.64. The quantitative estimate of drug-likeness (QED) is 0.810. The van der Waals surface area contributed by atoms with Crippen LogP contribution in [0, 0.1) is 6.20 Å². The summed E-state index contributed by atoms with van der Waals surface area (Å²) >= 11 is 0. The van der Waals surface area contributed by atoms with E-state index in [0.29, 0.717) is 23.1 Å². The van der Waals surface area contributed by atoms with E-state index in [1.807, 2.05) is 0 Å². The molecular weight excluding hydrogens is 220 g/mol. The largest absolute Gasteiger partial charge is 0.496 e. The second-order valence-electron chi connectivity index (χ2n) is 3.39. The van der Waals surface area contributed by atoms with Crippen LogP contribution in [0.1, 0.15) is 0 Å². The molecule has 1 aromatic carbocycles. The summed E-state index contributed by atoms with van der Waals surface area (Å²) in [5.41, 5.74) is 0. The number of benzene rings is 1. The van der Waals surface area contributed by atoms with Gasteiger partial charge in [0.25, 0.3) is 0 Å². The number of aromatic nitrogens is 2. The monoisotopic (exact) mass is 233 g/mol. The van der Waals surface area contributed by atoms with Crippen LogP contribution in [-0.4, -0.2) is 24.0 Å². The van der Waals surface area contributed by atoms with Gasteiger partial charge in [0.15, 0.2) is 0 Å². The van der Waals surface area contributed by atoms with Crippen molar-refractivity contribution in [1.82, 2.24) is 9.78 Å². The first-order valence-electron chi connectivity index (χ1n) is 5.04. The molecule has 0 aliphatic rings. The summed E-state index contributed by atoms with van der Waals surface area (Å²) in [5.74, 6) is 2.56. The fourth-order valence-corrected chi connectivity index (χ4v) is 1.37. The molecular formula is C12H13N2O3. The fraction of sp³-hybridized carbons (Fsp3) is 0.250. The summed E-state index contributed by atoms with van der Waals surface area (Å²) < 4.78 is 17.5. The van der Waals surface area contributed by atoms with E-state index >= 15 is 0 Å². The van der Waals surface area contributed by atoms with Gasteiger partial charge in [0.1, 0.15) is 23.4 Å². The fourth-order valence-electron chi connectivity index (χ4n) is 1.37. The average Bonchev–Trinajstić information content (AvgIpc) is 2.74. The summed E-state index contributed by atoms with van der Waals surface area (Å²) in [6, 6.07) is 6.99. The van der Waals surface area contributed by atoms with Gasteiger partial charge in [0.05, 0.1) is 14.2 Å². The Morgan fingerprint density at radius 2 is 1.65 bits per heavy atom. The summed E-state index contributed by atoms with van der Waals surface area (Å²) in [4.78, 5) is 0. The Labute approximate surface area is 99.5 Å². The lowest BCUT2D eigenvalue weighted by Gasteiger charge is -2.09. The van der Waals surface area contributed by atoms with Crippen LogP contribution >= 0.6 is 0 Å². The number of ether oxygens (including phenoxy) is 3. The Morgan fingerprint density at radius 3 is 2.12 bits per heavy atom. The van der Waals surface area contributed by atoms with Crippen LogP contribution in [0.15, 0.2) is 24.3 Å². The van der Waals surface area contributed by atoms with E-state index in [1.165, 1.54) is 0 Å². The molecule has 0 aliphatic carbocycles. The lowest BCUT2D eigenvalue weighted by Crippen LogP contribution is -1.95. The number of hydrogen-bond donors (Lipinski definition) is 0. The van der Waals surface area contributed by atoms with Crippen LogP contribution in [0.2, 0.25) is 0 Å². The van der Waals surface area contributed by atoms with Crippen molar-refractivity contribution in [3.8, 4) is 23.1 Å². The van der Waals surface area contributed by atoms with Gasteiger partial charge in [-0.15, -0.1) is 0 Å². The normalized spacial score (nSPS) is 10.1. The van der Waals surface area contributed by atoms with E-state index in [2.05, 4.69) is 11.3 Å². The maximum Gasteiger partial charge on any atom is 0.218 e. The first-order chi connectivity index (χ1) is 8.22. The number of hydrogen-bond acceptors (Lipinski definition) is 4. The number of methoxy groups -OCH3 is 2. The van der Waals surface area contributed by atoms with Gasteiger partial charge in [0.2, 0.25) is 5.88 Å². The Bertz CT molecular complexity index is 486. The lowest BCUT2D eigenvalue weighted by atomic mass is 10.3. The van der Waals surface area contributed by atoms with Crippen LogP contribution in [0.4, 0.5) is 0 Å². The molecule has 0 unspecified atom stereocenters. The molecule has 1 aromatic heterocycles. The topological polar surface area (TPSA) is 45.5 Å². The summed E-state index contributed by atoms with van der Waals surface area (Å²) in [6.07, 6.45) is 2.70. The Hall–Kier alpha value is -2.17. The zero-order chi connectivity index (χ0) is 12.3. The summed E-state index contributed by atoms with van der Waals surface area (Å²) in [7, 11) is 4.97. The molecule has 1 radical (unpaired) electrons. The molecule has 17 heavy (non-hydrogen) atoms. The van der Waals surface area contributed by atoms with Crippen molar-refractivity contribution < 1.29 is 14.2 Å². The summed E-state index contributed by atoms with van der Waals surface area (Å²) in [6.45, 7) is 0. The maximum atomic E-state index is 5.64. The molecule has 89 valence electrons. The number of nitrogens with zero attached hydrogens (tertiary/aromatic N) is 2. The standard InChI is InChI=1S/C12H13N2O3/c1-14-12(4-5-13-14)17-11-7-9(15-2)6-10(8-11)16-3/h4,6-8H,1-3H3. The van der Waals surface area contributed by atoms with Crippen LogP contribution in [-0.2, 0) is 7.05 Å². The average molecular weight is 233 g/mol. The summed E-state index contributed by atoms with van der Waals surface area (Å²) in [5, 5.41) is 3.90. The van der Waals surface area contributed by atoms with Gasteiger partial charge >= 0.3 is 0 Å². The van der Waals surface area contributed by atoms with E-state index in [0.717, 1.165) is 0 Å². The van der Waals surface area contributed by atoms with Gasteiger partial charge in [-0.2, -0.15) is 5.10 Å². The van der Waals surface area contributed by atoms with E-state index in [9.17, 15) is 0 Å². The van der Waals surface area contributed by atoms with Gasteiger partial charge in [-0.25, -0.2) is 4.68 Å². The van der Waals surface area contributed by atoms with E-state index < -0.39 is 0 Å². The third kappa shape index (κ3) is 2.50. The second kappa shape index (κ2) is 4.78. The van der Waals surface area contributed by atoms with Gasteiger partial charge in [-0.1, -0.05) is 0 Å². The highest BCUT2D eigenvalue weighted by Gasteiger charge is 2.06. The zero-order valence-electron chi connectivity index (χ0n) is 9.93. The van der Waals surface area contributed by atoms with Crippen LogP contribution < -0.4 is 14.2 Å². The molecule has 0 fully saturated rings. The van der Waals surface area contributed by atoms with Crippen molar-refractivity contribution >= 4 is 0 Å². The molecule has 1 heterocycles. The van der Waals surface area contributed by atoms with Gasteiger partial charge in [-0.3, -0.25) is 0 Å². The number of aryl methyl sites for hydroxylation is 1. The van der Waals surface area contributed by atoms with Crippen molar-refractivity contribution in [3.05, 3.63) is 30.5 Å². The molecule has 2 aromatic rings. The highest BCUT2D eigenvalue weighted by Crippen LogP contribution is 2.30. The van der Waals surface area contributed by atoms with Crippen molar-refractivity contribution in [2.45, 2.75) is 0 Å². The molecule has 0 saturated heterocycles. The van der Waals surface area contributed by atoms with Crippen molar-refractivity contribution in [2.24, 2.45) is 7.05 Å². The Balaban J connectivity index is 2.29. The van der Waals surface area contributed by atoms with Crippen LogP contribution in [0.3, 0.4) is 0 Å². The molecule has 2 rings (SSSR count). The molecule has 0 N–H and O–H groups in total. The van der Waals surface area contributed by atoms with Crippen molar-refractivity contribution in [1.29, 1.82) is 0 Å². The van der Waals surface area contributed by atoms with Crippen molar-refractivity contribution in [2.75, 3.05) is 14.2 Å². The van der Waals surface area contributed by atoms with E-state index in [-0.39, 0.29) is 0 Å². The smallest absolute Gasteiger partial charge is 0.218 e. The highest BCUT2D eigenvalue weighted by atomic mass is 16.5. The molecule has 0 bridgehead atoms. The van der Waals surface area contributed by atoms with Crippen molar-refractivity contribution in [3.63, 3.8) is 0 Å². The minimum atomic E-state index is 0.598. The molecule has 0 aliphatic heterocycles.